The van der Waals surface area contributed by atoms with Crippen LogP contribution < -0.4 is 4.74 Å². The van der Waals surface area contributed by atoms with Crippen molar-refractivity contribution in [3.8, 4) is 5.75 Å². The lowest BCUT2D eigenvalue weighted by Crippen LogP contribution is -2.31. The Bertz CT molecular complexity index is 731. The molecule has 32 heavy (non-hydrogen) atoms. The van der Waals surface area contributed by atoms with Crippen LogP contribution in [0, 0.1) is 23.7 Å². The fourth-order valence-electron chi connectivity index (χ4n) is 6.67. The largest absolute Gasteiger partial charge is 0.525 e. The highest BCUT2D eigenvalue weighted by Crippen LogP contribution is 2.46. The molecule has 1 aliphatic heterocycles. The molecule has 5 heteroatoms. The summed E-state index contributed by atoms with van der Waals surface area (Å²) in [4.78, 5) is 0. The van der Waals surface area contributed by atoms with Gasteiger partial charge < -0.3 is 4.74 Å². The molecule has 2 atom stereocenters. The van der Waals surface area contributed by atoms with Crippen LogP contribution >= 0.6 is 0 Å². The van der Waals surface area contributed by atoms with Crippen LogP contribution in [0.4, 0.5) is 13.2 Å². The monoisotopic (exact) mass is 452 g/mol. The molecule has 1 aromatic rings. The van der Waals surface area contributed by atoms with E-state index in [9.17, 15) is 13.2 Å². The molecule has 0 spiro atoms. The molecular weight excluding hydrogens is 413 g/mol. The Morgan fingerprint density at radius 1 is 0.969 bits per heavy atom. The predicted octanol–water partition coefficient (Wildman–Crippen LogP) is 8.39. The molecule has 0 radical (unpaired) electrons. The average molecular weight is 453 g/mol. The molecule has 0 amide bonds. The van der Waals surface area contributed by atoms with Gasteiger partial charge in [-0.2, -0.15) is 0 Å². The first-order valence-electron chi connectivity index (χ1n) is 12.9. The van der Waals surface area contributed by atoms with E-state index in [2.05, 4.69) is 30.7 Å². The van der Waals surface area contributed by atoms with E-state index >= 15 is 0 Å². The van der Waals surface area contributed by atoms with Gasteiger partial charge in [-0.25, -0.2) is 0 Å². The van der Waals surface area contributed by atoms with E-state index in [0.29, 0.717) is 18.1 Å². The van der Waals surface area contributed by atoms with Crippen molar-refractivity contribution in [1.82, 2.24) is 0 Å². The van der Waals surface area contributed by atoms with Crippen LogP contribution in [0.15, 0.2) is 18.2 Å². The van der Waals surface area contributed by atoms with Crippen LogP contribution in [0.2, 0.25) is 0 Å². The maximum Gasteiger partial charge on any atom is 0.525 e. The van der Waals surface area contributed by atoms with Crippen molar-refractivity contribution in [2.75, 3.05) is 0 Å². The Morgan fingerprint density at radius 2 is 1.62 bits per heavy atom. The molecule has 2 unspecified atom stereocenters. The van der Waals surface area contributed by atoms with Crippen LogP contribution in [0.5, 0.6) is 5.75 Å². The van der Waals surface area contributed by atoms with E-state index in [0.717, 1.165) is 29.2 Å². The third-order valence-corrected chi connectivity index (χ3v) is 8.53. The van der Waals surface area contributed by atoms with Crippen molar-refractivity contribution in [3.05, 3.63) is 29.3 Å². The van der Waals surface area contributed by atoms with Gasteiger partial charge in [-0.3, -0.25) is 4.74 Å². The summed E-state index contributed by atoms with van der Waals surface area (Å²) in [5.74, 6) is 4.75. The van der Waals surface area contributed by atoms with E-state index in [1.807, 2.05) is 6.07 Å². The number of alkyl halides is 3. The summed E-state index contributed by atoms with van der Waals surface area (Å²) < 4.78 is 46.9. The zero-order valence-electron chi connectivity index (χ0n) is 19.6. The van der Waals surface area contributed by atoms with Gasteiger partial charge in [0.25, 0.3) is 0 Å². The summed E-state index contributed by atoms with van der Waals surface area (Å²) in [6, 6.07) is 6.08. The Morgan fingerprint density at radius 3 is 2.25 bits per heavy atom. The zero-order valence-corrected chi connectivity index (χ0v) is 19.6. The van der Waals surface area contributed by atoms with Crippen LogP contribution in [0.3, 0.4) is 0 Å². The number of halogens is 3. The highest BCUT2D eigenvalue weighted by molar-refractivity contribution is 5.40. The number of aryl methyl sites for hydroxylation is 1. The molecule has 2 nitrogen and oxygen atoms in total. The minimum absolute atomic E-state index is 0.238. The maximum atomic E-state index is 12.5. The Labute approximate surface area is 191 Å². The number of fused-ring (bicyclic) bond motifs is 1. The molecular formula is C27H39F3O2. The molecule has 0 bridgehead atoms. The molecule has 0 aromatic heterocycles. The lowest BCUT2D eigenvalue weighted by molar-refractivity contribution is -0.369. The van der Waals surface area contributed by atoms with Gasteiger partial charge in [0.15, 0.2) is 0 Å². The molecule has 0 N–H and O–H groups in total. The second kappa shape index (κ2) is 10.4. The fourth-order valence-corrected chi connectivity index (χ4v) is 6.67. The molecule has 4 rings (SSSR count). The van der Waals surface area contributed by atoms with Crippen molar-refractivity contribution in [1.29, 1.82) is 0 Å². The minimum Gasteiger partial charge on any atom is -0.464 e. The first-order chi connectivity index (χ1) is 15.3. The fraction of sp³-hybridized carbons (Fsp3) is 0.778. The van der Waals surface area contributed by atoms with E-state index < -0.39 is 12.7 Å². The van der Waals surface area contributed by atoms with Gasteiger partial charge in [-0.1, -0.05) is 38.8 Å². The topological polar surface area (TPSA) is 18.5 Å². The molecule has 180 valence electrons. The third kappa shape index (κ3) is 6.01. The SMILES string of the molecule is CCCC(C)C1CCC(C2CCC(c3ccc4c(c3)CCC(OC(F)(F)F)O4)CC2)CC1. The molecule has 2 fully saturated rings. The molecule has 1 aromatic carbocycles. The third-order valence-electron chi connectivity index (χ3n) is 8.53. The Balaban J connectivity index is 1.26. The summed E-state index contributed by atoms with van der Waals surface area (Å²) in [5, 5.41) is 0. The second-order valence-electron chi connectivity index (χ2n) is 10.6. The van der Waals surface area contributed by atoms with Crippen LogP contribution in [0.25, 0.3) is 0 Å². The molecule has 0 saturated heterocycles. The van der Waals surface area contributed by atoms with Crippen LogP contribution in [-0.4, -0.2) is 12.7 Å². The lowest BCUT2D eigenvalue weighted by Gasteiger charge is -2.39. The van der Waals surface area contributed by atoms with Crippen molar-refractivity contribution >= 4 is 0 Å². The minimum atomic E-state index is -4.66. The quantitative estimate of drug-likeness (QED) is 0.431. The normalized spacial score (nSPS) is 32.1. The predicted molar refractivity (Wildman–Crippen MR) is 121 cm³/mol. The molecule has 3 aliphatic rings. The highest BCUT2D eigenvalue weighted by Gasteiger charge is 2.37. The van der Waals surface area contributed by atoms with E-state index in [1.54, 1.807) is 0 Å². The number of rotatable bonds is 6. The van der Waals surface area contributed by atoms with Crippen LogP contribution in [0.1, 0.15) is 102 Å². The summed E-state index contributed by atoms with van der Waals surface area (Å²) in [6.45, 7) is 4.75. The van der Waals surface area contributed by atoms with Crippen molar-refractivity contribution in [2.45, 2.75) is 109 Å². The first-order valence-corrected chi connectivity index (χ1v) is 12.9. The average Bonchev–Trinajstić information content (AvgIpc) is 2.78. The van der Waals surface area contributed by atoms with Crippen molar-refractivity contribution in [2.24, 2.45) is 23.7 Å². The standard InChI is InChI=1S/C27H39F3O2/c1-3-4-18(2)19-5-7-20(8-6-19)21-9-11-22(12-10-21)23-13-15-25-24(17-23)14-16-26(31-25)32-27(28,29)30/h13,15,17-22,26H,3-12,14,16H2,1-2H3. The summed E-state index contributed by atoms with van der Waals surface area (Å²) in [5.41, 5.74) is 2.35. The van der Waals surface area contributed by atoms with Gasteiger partial charge in [-0.15, -0.1) is 13.2 Å². The van der Waals surface area contributed by atoms with Gasteiger partial charge in [0, 0.05) is 6.42 Å². The van der Waals surface area contributed by atoms with Crippen molar-refractivity contribution in [3.63, 3.8) is 0 Å². The van der Waals surface area contributed by atoms with Crippen LogP contribution in [-0.2, 0) is 11.2 Å². The molecule has 2 aliphatic carbocycles. The first kappa shape index (κ1) is 23.9. The second-order valence-corrected chi connectivity index (χ2v) is 10.6. The van der Waals surface area contributed by atoms with Gasteiger partial charge >= 0.3 is 6.36 Å². The van der Waals surface area contributed by atoms with Crippen molar-refractivity contribution < 1.29 is 22.6 Å². The molecule has 2 saturated carbocycles. The highest BCUT2D eigenvalue weighted by atomic mass is 19.4. The Hall–Kier alpha value is -1.23. The van der Waals surface area contributed by atoms with Gasteiger partial charge in [-0.05, 0) is 105 Å². The maximum absolute atomic E-state index is 12.5. The number of hydrogen-bond donors (Lipinski definition) is 0. The van der Waals surface area contributed by atoms with E-state index in [-0.39, 0.29) is 6.42 Å². The van der Waals surface area contributed by atoms with Gasteiger partial charge in [0.05, 0.1) is 0 Å². The van der Waals surface area contributed by atoms with Gasteiger partial charge in [0.1, 0.15) is 5.75 Å². The number of benzene rings is 1. The van der Waals surface area contributed by atoms with Gasteiger partial charge in [0.2, 0.25) is 6.29 Å². The molecule has 1 heterocycles. The number of ether oxygens (including phenoxy) is 2. The number of hydrogen-bond acceptors (Lipinski definition) is 2. The zero-order chi connectivity index (χ0) is 22.7. The van der Waals surface area contributed by atoms with E-state index in [4.69, 9.17) is 4.74 Å². The Kier molecular flexibility index (Phi) is 7.74. The summed E-state index contributed by atoms with van der Waals surface area (Å²) in [6.07, 6.45) is 8.40. The summed E-state index contributed by atoms with van der Waals surface area (Å²) in [7, 11) is 0. The summed E-state index contributed by atoms with van der Waals surface area (Å²) >= 11 is 0. The van der Waals surface area contributed by atoms with E-state index in [1.165, 1.54) is 69.8 Å². The lowest BCUT2D eigenvalue weighted by atomic mass is 9.66. The smallest absolute Gasteiger partial charge is 0.464 e.